The van der Waals surface area contributed by atoms with Gasteiger partial charge in [-0.25, -0.2) is 4.79 Å². The summed E-state index contributed by atoms with van der Waals surface area (Å²) in [6, 6.07) is 5.09. The Morgan fingerprint density at radius 2 is 2.29 bits per heavy atom. The number of hydrogen-bond donors (Lipinski definition) is 2. The minimum atomic E-state index is -0.971. The minimum Gasteiger partial charge on any atom is -0.478 e. The third-order valence-electron chi connectivity index (χ3n) is 1.76. The molecule has 0 aliphatic carbocycles. The minimum absolute atomic E-state index is 0.186. The summed E-state index contributed by atoms with van der Waals surface area (Å²) >= 11 is 1.59. The fourth-order valence-electron chi connectivity index (χ4n) is 1.07. The second-order valence-electron chi connectivity index (χ2n) is 2.87. The summed E-state index contributed by atoms with van der Waals surface area (Å²) in [5.74, 6) is -0.0192. The third kappa shape index (κ3) is 2.42. The van der Waals surface area contributed by atoms with Crippen molar-refractivity contribution in [3.8, 4) is 0 Å². The van der Waals surface area contributed by atoms with Crippen LogP contribution in [0.15, 0.2) is 23.1 Å². The Bertz CT molecular complexity index is 339. The van der Waals surface area contributed by atoms with Crippen molar-refractivity contribution in [2.75, 3.05) is 11.5 Å². The molecule has 1 rings (SSSR count). The highest BCUT2D eigenvalue weighted by molar-refractivity contribution is 7.99. The molecule has 0 atom stereocenters. The lowest BCUT2D eigenvalue weighted by molar-refractivity contribution is 0.0698. The van der Waals surface area contributed by atoms with Crippen LogP contribution in [0.3, 0.4) is 0 Å². The van der Waals surface area contributed by atoms with Crippen LogP contribution in [-0.4, -0.2) is 16.8 Å². The third-order valence-corrected chi connectivity index (χ3v) is 3.04. The van der Waals surface area contributed by atoms with E-state index in [2.05, 4.69) is 6.92 Å². The number of carboxylic acid groups (broad SMARTS) is 1. The number of rotatable bonds is 4. The number of carbonyl (C=O) groups is 1. The van der Waals surface area contributed by atoms with Crippen molar-refractivity contribution in [2.24, 2.45) is 0 Å². The first-order chi connectivity index (χ1) is 6.66. The SMILES string of the molecule is CCCSc1cccc(C(=O)O)c1N. The maximum atomic E-state index is 10.8. The van der Waals surface area contributed by atoms with E-state index in [1.807, 2.05) is 6.07 Å². The quantitative estimate of drug-likeness (QED) is 0.593. The van der Waals surface area contributed by atoms with Gasteiger partial charge in [-0.05, 0) is 24.3 Å². The van der Waals surface area contributed by atoms with Gasteiger partial charge in [-0.1, -0.05) is 13.0 Å². The molecule has 4 heteroatoms. The average molecular weight is 211 g/mol. The van der Waals surface area contributed by atoms with Gasteiger partial charge in [0.15, 0.2) is 0 Å². The van der Waals surface area contributed by atoms with Gasteiger partial charge in [0.25, 0.3) is 0 Å². The van der Waals surface area contributed by atoms with Gasteiger partial charge in [-0.2, -0.15) is 0 Å². The monoisotopic (exact) mass is 211 g/mol. The van der Waals surface area contributed by atoms with Gasteiger partial charge in [0.05, 0.1) is 11.3 Å². The van der Waals surface area contributed by atoms with Crippen molar-refractivity contribution >= 4 is 23.4 Å². The predicted octanol–water partition coefficient (Wildman–Crippen LogP) is 2.47. The average Bonchev–Trinajstić information content (AvgIpc) is 2.16. The number of thioether (sulfide) groups is 1. The van der Waals surface area contributed by atoms with E-state index in [0.717, 1.165) is 17.1 Å². The molecule has 76 valence electrons. The summed E-state index contributed by atoms with van der Waals surface area (Å²) in [4.78, 5) is 11.6. The van der Waals surface area contributed by atoms with Gasteiger partial charge in [-0.15, -0.1) is 11.8 Å². The van der Waals surface area contributed by atoms with Crippen molar-refractivity contribution in [3.05, 3.63) is 23.8 Å². The van der Waals surface area contributed by atoms with Crippen LogP contribution >= 0.6 is 11.8 Å². The van der Waals surface area contributed by atoms with Gasteiger partial charge < -0.3 is 10.8 Å². The van der Waals surface area contributed by atoms with Crippen molar-refractivity contribution in [1.82, 2.24) is 0 Å². The molecule has 0 bridgehead atoms. The summed E-state index contributed by atoms with van der Waals surface area (Å²) < 4.78 is 0. The Morgan fingerprint density at radius 3 is 2.86 bits per heavy atom. The Kier molecular flexibility index (Phi) is 3.83. The van der Waals surface area contributed by atoms with E-state index < -0.39 is 5.97 Å². The van der Waals surface area contributed by atoms with Crippen molar-refractivity contribution in [1.29, 1.82) is 0 Å². The number of anilines is 1. The number of nitrogen functional groups attached to an aromatic ring is 1. The van der Waals surface area contributed by atoms with Gasteiger partial charge in [-0.3, -0.25) is 0 Å². The molecule has 0 unspecified atom stereocenters. The molecule has 0 saturated heterocycles. The van der Waals surface area contributed by atoms with Crippen LogP contribution in [0, 0.1) is 0 Å². The van der Waals surface area contributed by atoms with E-state index >= 15 is 0 Å². The second-order valence-corrected chi connectivity index (χ2v) is 4.01. The van der Waals surface area contributed by atoms with Crippen molar-refractivity contribution < 1.29 is 9.90 Å². The largest absolute Gasteiger partial charge is 0.478 e. The van der Waals surface area contributed by atoms with E-state index in [1.54, 1.807) is 17.8 Å². The van der Waals surface area contributed by atoms with E-state index in [-0.39, 0.29) is 5.56 Å². The first kappa shape index (κ1) is 10.9. The highest BCUT2D eigenvalue weighted by Gasteiger charge is 2.10. The molecule has 0 aliphatic rings. The highest BCUT2D eigenvalue weighted by Crippen LogP contribution is 2.28. The molecule has 1 aromatic rings. The van der Waals surface area contributed by atoms with Crippen molar-refractivity contribution in [3.63, 3.8) is 0 Å². The molecular weight excluding hydrogens is 198 g/mol. The van der Waals surface area contributed by atoms with Crippen LogP contribution in [-0.2, 0) is 0 Å². The summed E-state index contributed by atoms with van der Waals surface area (Å²) in [5.41, 5.74) is 6.28. The summed E-state index contributed by atoms with van der Waals surface area (Å²) in [6.07, 6.45) is 1.04. The Hall–Kier alpha value is -1.16. The first-order valence-electron chi connectivity index (χ1n) is 4.41. The maximum absolute atomic E-state index is 10.8. The van der Waals surface area contributed by atoms with E-state index in [9.17, 15) is 4.79 Å². The van der Waals surface area contributed by atoms with Crippen LogP contribution < -0.4 is 5.73 Å². The van der Waals surface area contributed by atoms with Crippen molar-refractivity contribution in [2.45, 2.75) is 18.2 Å². The molecule has 0 fully saturated rings. The Morgan fingerprint density at radius 1 is 1.57 bits per heavy atom. The zero-order chi connectivity index (χ0) is 10.6. The van der Waals surface area contributed by atoms with E-state index in [4.69, 9.17) is 10.8 Å². The highest BCUT2D eigenvalue weighted by atomic mass is 32.2. The van der Waals surface area contributed by atoms with Crippen LogP contribution in [0.25, 0.3) is 0 Å². The number of benzene rings is 1. The fraction of sp³-hybridized carbons (Fsp3) is 0.300. The van der Waals surface area contributed by atoms with Gasteiger partial charge in [0.2, 0.25) is 0 Å². The van der Waals surface area contributed by atoms with Crippen LogP contribution in [0.5, 0.6) is 0 Å². The molecular formula is C10H13NO2S. The molecule has 0 amide bonds. The number of para-hydroxylation sites is 1. The predicted molar refractivity (Wildman–Crippen MR) is 58.8 cm³/mol. The first-order valence-corrected chi connectivity index (χ1v) is 5.40. The molecule has 1 aromatic carbocycles. The van der Waals surface area contributed by atoms with Gasteiger partial charge in [0.1, 0.15) is 0 Å². The standard InChI is InChI=1S/C10H13NO2S/c1-2-6-14-8-5-3-4-7(9(8)11)10(12)13/h3-5H,2,6,11H2,1H3,(H,12,13). The smallest absolute Gasteiger partial charge is 0.337 e. The number of carboxylic acids is 1. The molecule has 0 heterocycles. The number of aromatic carboxylic acids is 1. The lowest BCUT2D eigenvalue weighted by atomic mass is 10.2. The molecule has 14 heavy (non-hydrogen) atoms. The summed E-state index contributed by atoms with van der Waals surface area (Å²) in [7, 11) is 0. The Balaban J connectivity index is 2.95. The van der Waals surface area contributed by atoms with Gasteiger partial charge >= 0.3 is 5.97 Å². The zero-order valence-corrected chi connectivity index (χ0v) is 8.80. The zero-order valence-electron chi connectivity index (χ0n) is 7.99. The van der Waals surface area contributed by atoms with Gasteiger partial charge in [0, 0.05) is 4.90 Å². The Labute approximate surface area is 87.3 Å². The lowest BCUT2D eigenvalue weighted by Gasteiger charge is -2.06. The summed E-state index contributed by atoms with van der Waals surface area (Å²) in [6.45, 7) is 2.07. The number of nitrogens with two attached hydrogens (primary N) is 1. The molecule has 0 aromatic heterocycles. The normalized spacial score (nSPS) is 10.1. The molecule has 3 N–H and O–H groups in total. The van der Waals surface area contributed by atoms with E-state index in [1.165, 1.54) is 6.07 Å². The van der Waals surface area contributed by atoms with Crippen LogP contribution in [0.2, 0.25) is 0 Å². The molecule has 0 radical (unpaired) electrons. The van der Waals surface area contributed by atoms with Crippen LogP contribution in [0.4, 0.5) is 5.69 Å². The maximum Gasteiger partial charge on any atom is 0.337 e. The summed E-state index contributed by atoms with van der Waals surface area (Å²) in [5, 5.41) is 8.83. The topological polar surface area (TPSA) is 63.3 Å². The molecule has 3 nitrogen and oxygen atoms in total. The second kappa shape index (κ2) is 4.91. The van der Waals surface area contributed by atoms with E-state index in [0.29, 0.717) is 5.69 Å². The van der Waals surface area contributed by atoms with Crippen LogP contribution in [0.1, 0.15) is 23.7 Å². The molecule has 0 aliphatic heterocycles. The molecule has 0 saturated carbocycles. The lowest BCUT2D eigenvalue weighted by Crippen LogP contribution is -2.03. The molecule has 0 spiro atoms. The fourth-order valence-corrected chi connectivity index (χ4v) is 1.93. The number of hydrogen-bond acceptors (Lipinski definition) is 3.